The Kier molecular flexibility index (Phi) is 28.1. The van der Waals surface area contributed by atoms with Gasteiger partial charge in [0.2, 0.25) is 11.8 Å². The van der Waals surface area contributed by atoms with Crippen molar-refractivity contribution in [1.82, 2.24) is 10.2 Å². The van der Waals surface area contributed by atoms with Crippen LogP contribution in [-0.4, -0.2) is 72.3 Å². The Hall–Kier alpha value is -2.45. The van der Waals surface area contributed by atoms with E-state index in [0.29, 0.717) is 17.9 Å². The summed E-state index contributed by atoms with van der Waals surface area (Å²) in [5.41, 5.74) is 0.652. The topological polar surface area (TPSA) is 105 Å². The highest BCUT2D eigenvalue weighted by molar-refractivity contribution is 5.85. The molecule has 0 spiro atoms. The van der Waals surface area contributed by atoms with Gasteiger partial charge in [0.1, 0.15) is 6.04 Å². The first-order valence-electron chi connectivity index (χ1n) is 16.7. The number of rotatable bonds is 16. The Balaban J connectivity index is -0.00000221. The summed E-state index contributed by atoms with van der Waals surface area (Å²) in [6.07, 6.45) is 8.08. The van der Waals surface area contributed by atoms with Gasteiger partial charge < -0.3 is 24.8 Å². The molecule has 0 bridgehead atoms. The van der Waals surface area contributed by atoms with Crippen molar-refractivity contribution in [3.8, 4) is 0 Å². The van der Waals surface area contributed by atoms with E-state index < -0.39 is 29.9 Å². The molecule has 1 rings (SSSR count). The minimum absolute atomic E-state index is 0.00720. The lowest BCUT2D eigenvalue weighted by molar-refractivity contribution is -0.146. The molecule has 0 aliphatic carbocycles. The zero-order valence-electron chi connectivity index (χ0n) is 30.4. The van der Waals surface area contributed by atoms with Gasteiger partial charge in [-0.2, -0.15) is 0 Å². The van der Waals surface area contributed by atoms with Gasteiger partial charge >= 0.3 is 5.97 Å². The third-order valence-electron chi connectivity index (χ3n) is 8.01. The minimum Gasteiger partial charge on any atom is -0.480 e. The molecule has 1 aliphatic heterocycles. The predicted molar refractivity (Wildman–Crippen MR) is 185 cm³/mol. The van der Waals surface area contributed by atoms with Crippen LogP contribution in [0.5, 0.6) is 0 Å². The molecule has 1 heterocycles. The number of carbonyl (C=O) groups excluding carboxylic acids is 2. The van der Waals surface area contributed by atoms with E-state index in [-0.39, 0.29) is 42.9 Å². The van der Waals surface area contributed by atoms with Crippen LogP contribution < -0.4 is 5.32 Å². The molecule has 8 nitrogen and oxygen atoms in total. The Labute approximate surface area is 270 Å². The van der Waals surface area contributed by atoms with Crippen LogP contribution in [0, 0.1) is 17.8 Å². The normalized spacial score (nSPS) is 19.9. The van der Waals surface area contributed by atoms with E-state index in [0.717, 1.165) is 12.8 Å². The van der Waals surface area contributed by atoms with Gasteiger partial charge in [-0.1, -0.05) is 113 Å². The van der Waals surface area contributed by atoms with E-state index in [2.05, 4.69) is 53.1 Å². The summed E-state index contributed by atoms with van der Waals surface area (Å²) in [5.74, 6) is -1.62. The number of carboxylic acid groups (broad SMARTS) is 1. The van der Waals surface area contributed by atoms with E-state index in [1.54, 1.807) is 32.3 Å². The molecule has 1 saturated heterocycles. The van der Waals surface area contributed by atoms with Gasteiger partial charge in [-0.25, -0.2) is 4.79 Å². The number of nitrogens with one attached hydrogen (secondary N) is 1. The molecule has 2 amide bonds. The van der Waals surface area contributed by atoms with Crippen LogP contribution in [-0.2, 0) is 23.9 Å². The molecule has 1 aliphatic rings. The highest BCUT2D eigenvalue weighted by atomic mass is 16.5. The fourth-order valence-electron chi connectivity index (χ4n) is 5.22. The van der Waals surface area contributed by atoms with Gasteiger partial charge in [-0.15, -0.1) is 0 Å². The van der Waals surface area contributed by atoms with Gasteiger partial charge in [-0.3, -0.25) is 9.59 Å². The number of hydrogen-bond donors (Lipinski definition) is 2. The maximum absolute atomic E-state index is 13.5. The molecule has 1 fully saturated rings. The van der Waals surface area contributed by atoms with Gasteiger partial charge in [-0.05, 0) is 37.2 Å². The zero-order chi connectivity index (χ0) is 35.0. The van der Waals surface area contributed by atoms with Crippen LogP contribution in [0.15, 0.2) is 37.0 Å². The van der Waals surface area contributed by atoms with Crippen molar-refractivity contribution < 1.29 is 29.0 Å². The van der Waals surface area contributed by atoms with Crippen molar-refractivity contribution in [3.05, 3.63) is 37.0 Å². The number of aliphatic carboxylic acids is 1. The lowest BCUT2D eigenvalue weighted by Gasteiger charge is -2.37. The maximum atomic E-state index is 13.5. The van der Waals surface area contributed by atoms with Crippen molar-refractivity contribution in [3.63, 3.8) is 0 Å². The van der Waals surface area contributed by atoms with Crippen LogP contribution in [0.1, 0.15) is 115 Å². The SMILES string of the molecule is C=C/C=C(\C=C)CC(NC(=O)C(C)C(OC)C1CCC(C)N1C(=O)CC(OC)C(C)C(C)CC)C(=O)O.CC.CC.CCC. The number of amides is 2. The summed E-state index contributed by atoms with van der Waals surface area (Å²) in [4.78, 5) is 40.4. The number of nitrogens with zero attached hydrogens (tertiary/aromatic N) is 1. The minimum atomic E-state index is -1.14. The molecule has 0 aromatic carbocycles. The largest absolute Gasteiger partial charge is 0.480 e. The average Bonchev–Trinajstić information content (AvgIpc) is 3.41. The Morgan fingerprint density at radius 2 is 1.52 bits per heavy atom. The fraction of sp³-hybridized carbons (Fsp3) is 0.750. The van der Waals surface area contributed by atoms with E-state index in [9.17, 15) is 19.5 Å². The average molecular weight is 625 g/mol. The van der Waals surface area contributed by atoms with Gasteiger partial charge in [0.05, 0.1) is 30.6 Å². The third kappa shape index (κ3) is 15.5. The van der Waals surface area contributed by atoms with Gasteiger partial charge in [0.25, 0.3) is 0 Å². The van der Waals surface area contributed by atoms with Crippen molar-refractivity contribution in [2.45, 2.75) is 145 Å². The third-order valence-corrected chi connectivity index (χ3v) is 8.01. The molecule has 0 aromatic rings. The zero-order valence-corrected chi connectivity index (χ0v) is 30.4. The molecule has 8 atom stereocenters. The molecule has 0 aromatic heterocycles. The lowest BCUT2D eigenvalue weighted by atomic mass is 9.87. The van der Waals surface area contributed by atoms with Crippen molar-refractivity contribution in [2.75, 3.05) is 14.2 Å². The Bertz CT molecular complexity index is 842. The molecule has 44 heavy (non-hydrogen) atoms. The summed E-state index contributed by atoms with van der Waals surface area (Å²) in [7, 11) is 3.17. The predicted octanol–water partition coefficient (Wildman–Crippen LogP) is 7.83. The molecular weight excluding hydrogens is 556 g/mol. The number of ether oxygens (including phenoxy) is 2. The highest BCUT2D eigenvalue weighted by Gasteiger charge is 2.44. The van der Waals surface area contributed by atoms with Crippen LogP contribution in [0.4, 0.5) is 0 Å². The highest BCUT2D eigenvalue weighted by Crippen LogP contribution is 2.33. The maximum Gasteiger partial charge on any atom is 0.326 e. The number of carboxylic acids is 1. The summed E-state index contributed by atoms with van der Waals surface area (Å²) in [6.45, 7) is 29.7. The van der Waals surface area contributed by atoms with E-state index in [4.69, 9.17) is 9.47 Å². The monoisotopic (exact) mass is 625 g/mol. The molecular formula is C36H68N2O6. The summed E-state index contributed by atoms with van der Waals surface area (Å²) < 4.78 is 11.5. The molecule has 2 N–H and O–H groups in total. The van der Waals surface area contributed by atoms with Crippen LogP contribution in [0.2, 0.25) is 0 Å². The first-order chi connectivity index (χ1) is 20.9. The van der Waals surface area contributed by atoms with E-state index in [1.807, 2.05) is 39.5 Å². The fourth-order valence-corrected chi connectivity index (χ4v) is 5.22. The van der Waals surface area contributed by atoms with Crippen LogP contribution in [0.25, 0.3) is 0 Å². The van der Waals surface area contributed by atoms with Gasteiger partial charge in [0.15, 0.2) is 0 Å². The quantitative estimate of drug-likeness (QED) is 0.170. The molecule has 0 radical (unpaired) electrons. The van der Waals surface area contributed by atoms with Crippen molar-refractivity contribution >= 4 is 17.8 Å². The standard InChI is InChI=1S/C29H48N2O6.C3H8.2C2H6/c1-10-13-22(12-3)16-23(29(34)35)30-28(33)21(7)27(37-9)24-15-14-19(5)31(24)26(32)17-25(36-8)20(6)18(4)11-2;1-3-2;2*1-2/h10,12-13,18-21,23-25,27H,1,3,11,14-17H2,2,4-9H3,(H,30,33)(H,34,35);3H2,1-2H3;2*1-2H3/b22-13+;;;. The van der Waals surface area contributed by atoms with Crippen LogP contribution >= 0.6 is 0 Å². The van der Waals surface area contributed by atoms with Crippen molar-refractivity contribution in [1.29, 1.82) is 0 Å². The number of likely N-dealkylation sites (tertiary alicyclic amines) is 1. The van der Waals surface area contributed by atoms with E-state index in [1.165, 1.54) is 13.5 Å². The first kappa shape index (κ1) is 46.0. The second-order valence-electron chi connectivity index (χ2n) is 11.0. The molecule has 0 saturated carbocycles. The molecule has 258 valence electrons. The first-order valence-corrected chi connectivity index (χ1v) is 16.7. The number of methoxy groups -OCH3 is 2. The number of carbonyl (C=O) groups is 3. The number of allylic oxidation sites excluding steroid dienone is 3. The second-order valence-corrected chi connectivity index (χ2v) is 11.0. The molecule has 8 heteroatoms. The Morgan fingerprint density at radius 3 is 1.93 bits per heavy atom. The smallest absolute Gasteiger partial charge is 0.326 e. The second kappa shape index (κ2) is 26.9. The summed E-state index contributed by atoms with van der Waals surface area (Å²) >= 11 is 0. The number of hydrogen-bond acceptors (Lipinski definition) is 5. The van der Waals surface area contributed by atoms with Crippen molar-refractivity contribution in [2.24, 2.45) is 17.8 Å². The van der Waals surface area contributed by atoms with Crippen LogP contribution in [0.3, 0.4) is 0 Å². The van der Waals surface area contributed by atoms with E-state index >= 15 is 0 Å². The Morgan fingerprint density at radius 1 is 0.977 bits per heavy atom. The summed E-state index contributed by atoms with van der Waals surface area (Å²) in [5, 5.41) is 12.3. The molecule has 8 unspecified atom stereocenters. The van der Waals surface area contributed by atoms with Gasteiger partial charge in [0, 0.05) is 26.7 Å². The summed E-state index contributed by atoms with van der Waals surface area (Å²) in [6, 6.07) is -1.41. The lowest BCUT2D eigenvalue weighted by Crippen LogP contribution is -2.53.